The van der Waals surface area contributed by atoms with E-state index in [0.29, 0.717) is 11.8 Å². The number of piperidine rings is 1. The third-order valence-electron chi connectivity index (χ3n) is 4.18. The third kappa shape index (κ3) is 2.14. The molecule has 1 saturated heterocycles. The van der Waals surface area contributed by atoms with Crippen molar-refractivity contribution in [1.29, 1.82) is 0 Å². The summed E-state index contributed by atoms with van der Waals surface area (Å²) in [5, 5.41) is 0. The normalized spacial score (nSPS) is 29.6. The van der Waals surface area contributed by atoms with Crippen molar-refractivity contribution in [1.82, 2.24) is 4.90 Å². The van der Waals surface area contributed by atoms with Crippen LogP contribution >= 0.6 is 0 Å². The van der Waals surface area contributed by atoms with Gasteiger partial charge in [-0.25, -0.2) is 0 Å². The van der Waals surface area contributed by atoms with Crippen molar-refractivity contribution in [2.75, 3.05) is 13.1 Å². The second-order valence-electron chi connectivity index (χ2n) is 5.17. The Balaban J connectivity index is 1.76. The van der Waals surface area contributed by atoms with Gasteiger partial charge in [-0.2, -0.15) is 0 Å². The third-order valence-corrected chi connectivity index (χ3v) is 4.18. The summed E-state index contributed by atoms with van der Waals surface area (Å²) in [7, 11) is 0. The van der Waals surface area contributed by atoms with Gasteiger partial charge in [0.25, 0.3) is 0 Å². The fraction of sp³-hybridized carbons (Fsp3) is 0.533. The standard InChI is InChI=1S/C15H19NO/c17-13-8-10-16(11-9-13)15-7-6-12-4-2-1-3-5-14(12)15/h1-4,15H,5-11H2/t15-/m0/s1. The molecule has 1 atom stereocenters. The Morgan fingerprint density at radius 3 is 2.76 bits per heavy atom. The minimum absolute atomic E-state index is 0.439. The molecule has 0 aromatic heterocycles. The molecular formula is C15H19NO. The maximum atomic E-state index is 11.3. The SMILES string of the molecule is O=C1CCN([C@H]2CCC3=C2CC=CC=C3)CC1. The Labute approximate surface area is 103 Å². The van der Waals surface area contributed by atoms with E-state index in [1.54, 1.807) is 5.57 Å². The Kier molecular flexibility index (Phi) is 2.98. The molecule has 0 amide bonds. The van der Waals surface area contributed by atoms with E-state index < -0.39 is 0 Å². The smallest absolute Gasteiger partial charge is 0.135 e. The van der Waals surface area contributed by atoms with Gasteiger partial charge in [-0.05, 0) is 30.4 Å². The number of allylic oxidation sites excluding steroid dienone is 5. The molecule has 1 heterocycles. The van der Waals surface area contributed by atoms with E-state index in [1.165, 1.54) is 18.4 Å². The number of ketones is 1. The molecule has 0 radical (unpaired) electrons. The van der Waals surface area contributed by atoms with Crippen molar-refractivity contribution < 1.29 is 4.79 Å². The van der Waals surface area contributed by atoms with Gasteiger partial charge in [0.2, 0.25) is 0 Å². The van der Waals surface area contributed by atoms with E-state index in [4.69, 9.17) is 0 Å². The van der Waals surface area contributed by atoms with Crippen LogP contribution in [0.25, 0.3) is 0 Å². The van der Waals surface area contributed by atoms with Gasteiger partial charge in [0.15, 0.2) is 0 Å². The summed E-state index contributed by atoms with van der Waals surface area (Å²) in [6.07, 6.45) is 13.9. The van der Waals surface area contributed by atoms with Crippen LogP contribution in [-0.2, 0) is 4.79 Å². The topological polar surface area (TPSA) is 20.3 Å². The predicted octanol–water partition coefficient (Wildman–Crippen LogP) is 2.63. The van der Waals surface area contributed by atoms with Crippen molar-refractivity contribution in [2.24, 2.45) is 0 Å². The van der Waals surface area contributed by atoms with Gasteiger partial charge in [-0.1, -0.05) is 24.3 Å². The number of rotatable bonds is 1. The van der Waals surface area contributed by atoms with E-state index in [9.17, 15) is 4.79 Å². The highest BCUT2D eigenvalue weighted by atomic mass is 16.1. The largest absolute Gasteiger partial charge is 0.300 e. The highest BCUT2D eigenvalue weighted by Crippen LogP contribution is 2.35. The van der Waals surface area contributed by atoms with Crippen LogP contribution in [0, 0.1) is 0 Å². The molecular weight excluding hydrogens is 210 g/mol. The molecule has 1 fully saturated rings. The second kappa shape index (κ2) is 4.61. The van der Waals surface area contributed by atoms with E-state index in [0.717, 1.165) is 32.4 Å². The van der Waals surface area contributed by atoms with Crippen molar-refractivity contribution >= 4 is 5.78 Å². The van der Waals surface area contributed by atoms with Crippen LogP contribution in [0.5, 0.6) is 0 Å². The lowest BCUT2D eigenvalue weighted by atomic mass is 10.00. The molecule has 2 aliphatic carbocycles. The van der Waals surface area contributed by atoms with E-state index in [2.05, 4.69) is 29.2 Å². The summed E-state index contributed by atoms with van der Waals surface area (Å²) in [5.74, 6) is 0.439. The van der Waals surface area contributed by atoms with Gasteiger partial charge >= 0.3 is 0 Å². The van der Waals surface area contributed by atoms with Gasteiger partial charge in [-0.15, -0.1) is 0 Å². The van der Waals surface area contributed by atoms with Crippen LogP contribution in [-0.4, -0.2) is 29.8 Å². The molecule has 0 N–H and O–H groups in total. The summed E-state index contributed by atoms with van der Waals surface area (Å²) in [6.45, 7) is 1.93. The van der Waals surface area contributed by atoms with Gasteiger partial charge < -0.3 is 0 Å². The molecule has 90 valence electrons. The van der Waals surface area contributed by atoms with Crippen LogP contribution in [0.2, 0.25) is 0 Å². The maximum absolute atomic E-state index is 11.3. The van der Waals surface area contributed by atoms with Crippen LogP contribution in [0.1, 0.15) is 32.1 Å². The average molecular weight is 229 g/mol. The molecule has 0 unspecified atom stereocenters. The van der Waals surface area contributed by atoms with Gasteiger partial charge in [-0.3, -0.25) is 9.69 Å². The minimum Gasteiger partial charge on any atom is -0.300 e. The summed E-state index contributed by atoms with van der Waals surface area (Å²) < 4.78 is 0. The first kappa shape index (κ1) is 11.0. The molecule has 0 aromatic rings. The van der Waals surface area contributed by atoms with Crippen molar-refractivity contribution in [3.05, 3.63) is 35.5 Å². The van der Waals surface area contributed by atoms with E-state index in [-0.39, 0.29) is 0 Å². The van der Waals surface area contributed by atoms with Gasteiger partial charge in [0.1, 0.15) is 5.78 Å². The van der Waals surface area contributed by atoms with Gasteiger partial charge in [0, 0.05) is 32.0 Å². The van der Waals surface area contributed by atoms with E-state index in [1.807, 2.05) is 0 Å². The minimum atomic E-state index is 0.439. The Hall–Kier alpha value is -1.15. The van der Waals surface area contributed by atoms with Gasteiger partial charge in [0.05, 0.1) is 0 Å². The molecule has 3 rings (SSSR count). The molecule has 0 bridgehead atoms. The molecule has 0 aromatic carbocycles. The number of Topliss-reactive ketones (excluding diaryl/α,β-unsaturated/α-hetero) is 1. The summed E-state index contributed by atoms with van der Waals surface area (Å²) in [4.78, 5) is 13.8. The van der Waals surface area contributed by atoms with Crippen molar-refractivity contribution in [2.45, 2.75) is 38.1 Å². The fourth-order valence-corrected chi connectivity index (χ4v) is 3.23. The maximum Gasteiger partial charge on any atom is 0.135 e. The van der Waals surface area contributed by atoms with Crippen LogP contribution in [0.4, 0.5) is 0 Å². The quantitative estimate of drug-likeness (QED) is 0.689. The Morgan fingerprint density at radius 1 is 1.12 bits per heavy atom. The van der Waals surface area contributed by atoms with Crippen LogP contribution in [0.3, 0.4) is 0 Å². The van der Waals surface area contributed by atoms with E-state index >= 15 is 0 Å². The Morgan fingerprint density at radius 2 is 1.94 bits per heavy atom. The number of carbonyl (C=O) groups is 1. The zero-order valence-electron chi connectivity index (χ0n) is 10.2. The zero-order chi connectivity index (χ0) is 11.7. The number of hydrogen-bond acceptors (Lipinski definition) is 2. The lowest BCUT2D eigenvalue weighted by Crippen LogP contribution is -2.41. The Bertz CT molecular complexity index is 407. The zero-order valence-corrected chi connectivity index (χ0v) is 10.2. The van der Waals surface area contributed by atoms with Crippen LogP contribution in [0.15, 0.2) is 35.5 Å². The van der Waals surface area contributed by atoms with Crippen LogP contribution < -0.4 is 0 Å². The fourth-order valence-electron chi connectivity index (χ4n) is 3.23. The van der Waals surface area contributed by atoms with Crippen molar-refractivity contribution in [3.63, 3.8) is 0 Å². The molecule has 2 nitrogen and oxygen atoms in total. The average Bonchev–Trinajstić information content (AvgIpc) is 2.60. The second-order valence-corrected chi connectivity index (χ2v) is 5.17. The highest BCUT2D eigenvalue weighted by molar-refractivity contribution is 5.79. The number of hydrogen-bond donors (Lipinski definition) is 0. The molecule has 3 aliphatic rings. The first-order valence-corrected chi connectivity index (χ1v) is 6.65. The number of likely N-dealkylation sites (tertiary alicyclic amines) is 1. The lowest BCUT2D eigenvalue weighted by molar-refractivity contribution is -0.121. The molecule has 2 heteroatoms. The summed E-state index contributed by atoms with van der Waals surface area (Å²) in [5.41, 5.74) is 3.14. The number of nitrogens with zero attached hydrogens (tertiary/aromatic N) is 1. The summed E-state index contributed by atoms with van der Waals surface area (Å²) >= 11 is 0. The molecule has 0 saturated carbocycles. The lowest BCUT2D eigenvalue weighted by Gasteiger charge is -2.33. The number of carbonyl (C=O) groups excluding carboxylic acids is 1. The molecule has 0 spiro atoms. The molecule has 17 heavy (non-hydrogen) atoms. The predicted molar refractivity (Wildman–Crippen MR) is 68.8 cm³/mol. The summed E-state index contributed by atoms with van der Waals surface area (Å²) in [6, 6.07) is 0.602. The van der Waals surface area contributed by atoms with Crippen molar-refractivity contribution in [3.8, 4) is 0 Å². The first-order chi connectivity index (χ1) is 8.34. The molecule has 1 aliphatic heterocycles. The highest BCUT2D eigenvalue weighted by Gasteiger charge is 2.30. The monoisotopic (exact) mass is 229 g/mol. The first-order valence-electron chi connectivity index (χ1n) is 6.65.